The second-order valence-electron chi connectivity index (χ2n) is 8.11. The number of ether oxygens (including phenoxy) is 1. The molecular formula is C26H26N4O2S. The minimum Gasteiger partial charge on any atom is -0.485 e. The molecule has 0 aliphatic carbocycles. The van der Waals surface area contributed by atoms with E-state index in [0.29, 0.717) is 18.9 Å². The average Bonchev–Trinajstić information content (AvgIpc) is 3.53. The van der Waals surface area contributed by atoms with Crippen molar-refractivity contribution in [2.24, 2.45) is 0 Å². The summed E-state index contributed by atoms with van der Waals surface area (Å²) in [5.41, 5.74) is 1.15. The van der Waals surface area contributed by atoms with Gasteiger partial charge in [-0.15, -0.1) is 10.2 Å². The molecule has 1 saturated heterocycles. The van der Waals surface area contributed by atoms with Gasteiger partial charge in [-0.1, -0.05) is 78.5 Å². The van der Waals surface area contributed by atoms with Crippen LogP contribution in [0.2, 0.25) is 0 Å². The number of amides is 1. The highest BCUT2D eigenvalue weighted by Crippen LogP contribution is 2.27. The molecule has 168 valence electrons. The summed E-state index contributed by atoms with van der Waals surface area (Å²) in [7, 11) is 0. The number of likely N-dealkylation sites (tertiary alicyclic amines) is 1. The zero-order valence-electron chi connectivity index (χ0n) is 18.4. The number of rotatable bonds is 8. The Labute approximate surface area is 197 Å². The topological polar surface area (TPSA) is 60.2 Å². The first-order valence-electron chi connectivity index (χ1n) is 11.2. The van der Waals surface area contributed by atoms with Crippen LogP contribution in [0.5, 0.6) is 5.75 Å². The predicted molar refractivity (Wildman–Crippen MR) is 130 cm³/mol. The lowest BCUT2D eigenvalue weighted by atomic mass is 10.1. The van der Waals surface area contributed by atoms with E-state index >= 15 is 0 Å². The van der Waals surface area contributed by atoms with Crippen molar-refractivity contribution in [1.82, 2.24) is 19.7 Å². The van der Waals surface area contributed by atoms with E-state index < -0.39 is 0 Å². The van der Waals surface area contributed by atoms with Crippen LogP contribution in [-0.2, 0) is 17.9 Å². The molecule has 5 rings (SSSR count). The number of hydrogen-bond acceptors (Lipinski definition) is 5. The number of fused-ring (bicyclic) bond motifs is 1. The van der Waals surface area contributed by atoms with Crippen LogP contribution in [0.25, 0.3) is 10.8 Å². The Bertz CT molecular complexity index is 1230. The first kappa shape index (κ1) is 21.5. The van der Waals surface area contributed by atoms with Crippen molar-refractivity contribution in [3.63, 3.8) is 0 Å². The second-order valence-corrected chi connectivity index (χ2v) is 9.06. The zero-order valence-corrected chi connectivity index (χ0v) is 19.2. The molecule has 6 nitrogen and oxygen atoms in total. The van der Waals surface area contributed by atoms with Gasteiger partial charge < -0.3 is 9.64 Å². The maximum Gasteiger partial charge on any atom is 0.233 e. The first-order valence-corrected chi connectivity index (χ1v) is 12.2. The Morgan fingerprint density at radius 1 is 0.909 bits per heavy atom. The molecule has 1 aliphatic rings. The predicted octanol–water partition coefficient (Wildman–Crippen LogP) is 4.77. The maximum atomic E-state index is 12.6. The number of carbonyl (C=O) groups excluding carboxylic acids is 1. The zero-order chi connectivity index (χ0) is 22.5. The fraction of sp³-hybridized carbons (Fsp3) is 0.269. The van der Waals surface area contributed by atoms with E-state index in [2.05, 4.69) is 45.1 Å². The SMILES string of the molecule is O=C(CSc1nnc(COc2cccc3ccccc23)n1Cc1ccccc1)N1CCCC1. The minimum absolute atomic E-state index is 0.167. The average molecular weight is 459 g/mol. The Hall–Kier alpha value is -3.32. The third kappa shape index (κ3) is 5.03. The molecule has 0 spiro atoms. The summed E-state index contributed by atoms with van der Waals surface area (Å²) < 4.78 is 8.25. The molecule has 0 unspecified atom stereocenters. The Morgan fingerprint density at radius 3 is 2.52 bits per heavy atom. The summed E-state index contributed by atoms with van der Waals surface area (Å²) in [5.74, 6) is 2.10. The van der Waals surface area contributed by atoms with Crippen molar-refractivity contribution in [2.45, 2.75) is 31.1 Å². The van der Waals surface area contributed by atoms with Crippen LogP contribution < -0.4 is 4.74 Å². The summed E-state index contributed by atoms with van der Waals surface area (Å²) in [6.07, 6.45) is 2.19. The number of aromatic nitrogens is 3. The van der Waals surface area contributed by atoms with Crippen LogP contribution in [0.15, 0.2) is 78.0 Å². The molecule has 7 heteroatoms. The highest BCUT2D eigenvalue weighted by atomic mass is 32.2. The van der Waals surface area contributed by atoms with Crippen LogP contribution in [0.4, 0.5) is 0 Å². The van der Waals surface area contributed by atoms with Crippen molar-refractivity contribution >= 4 is 28.4 Å². The number of hydrogen-bond donors (Lipinski definition) is 0. The standard InChI is InChI=1S/C26H26N4O2S/c31-25(29-15-6-7-16-29)19-33-26-28-27-24(30(26)17-20-9-2-1-3-10-20)18-32-23-14-8-12-21-11-4-5-13-22(21)23/h1-5,8-14H,6-7,15-19H2. The highest BCUT2D eigenvalue weighted by Gasteiger charge is 2.20. The lowest BCUT2D eigenvalue weighted by molar-refractivity contribution is -0.127. The monoisotopic (exact) mass is 458 g/mol. The summed E-state index contributed by atoms with van der Waals surface area (Å²) in [5, 5.41) is 11.8. The second kappa shape index (κ2) is 10.1. The van der Waals surface area contributed by atoms with Crippen LogP contribution in [0.3, 0.4) is 0 Å². The van der Waals surface area contributed by atoms with Crippen molar-refractivity contribution in [3.05, 3.63) is 84.2 Å². The Balaban J connectivity index is 1.36. The van der Waals surface area contributed by atoms with E-state index in [1.165, 1.54) is 11.8 Å². The lowest BCUT2D eigenvalue weighted by Gasteiger charge is -2.15. The van der Waals surface area contributed by atoms with Gasteiger partial charge in [-0.05, 0) is 29.9 Å². The lowest BCUT2D eigenvalue weighted by Crippen LogP contribution is -2.29. The smallest absolute Gasteiger partial charge is 0.233 e. The largest absolute Gasteiger partial charge is 0.485 e. The van der Waals surface area contributed by atoms with E-state index in [1.54, 1.807) is 0 Å². The molecule has 0 bridgehead atoms. The van der Waals surface area contributed by atoms with Gasteiger partial charge in [0.05, 0.1) is 12.3 Å². The van der Waals surface area contributed by atoms with Gasteiger partial charge >= 0.3 is 0 Å². The molecule has 0 N–H and O–H groups in total. The molecule has 33 heavy (non-hydrogen) atoms. The fourth-order valence-corrected chi connectivity index (χ4v) is 4.96. The minimum atomic E-state index is 0.167. The van der Waals surface area contributed by atoms with Crippen LogP contribution in [-0.4, -0.2) is 44.4 Å². The van der Waals surface area contributed by atoms with E-state index in [1.807, 2.05) is 47.4 Å². The molecule has 3 aromatic carbocycles. The third-order valence-corrected chi connectivity index (χ3v) is 6.82. The number of carbonyl (C=O) groups is 1. The Kier molecular flexibility index (Phi) is 6.58. The maximum absolute atomic E-state index is 12.6. The molecule has 4 aromatic rings. The van der Waals surface area contributed by atoms with Crippen molar-refractivity contribution in [2.75, 3.05) is 18.8 Å². The first-order chi connectivity index (χ1) is 16.3. The molecule has 0 radical (unpaired) electrons. The molecular weight excluding hydrogens is 432 g/mol. The van der Waals surface area contributed by atoms with Gasteiger partial charge in [0.1, 0.15) is 12.4 Å². The highest BCUT2D eigenvalue weighted by molar-refractivity contribution is 7.99. The van der Waals surface area contributed by atoms with Crippen molar-refractivity contribution < 1.29 is 9.53 Å². The summed E-state index contributed by atoms with van der Waals surface area (Å²) in [4.78, 5) is 14.5. The molecule has 1 aliphatic heterocycles. The van der Waals surface area contributed by atoms with Gasteiger partial charge in [-0.2, -0.15) is 0 Å². The van der Waals surface area contributed by atoms with Gasteiger partial charge in [-0.3, -0.25) is 9.36 Å². The van der Waals surface area contributed by atoms with Crippen LogP contribution in [0, 0.1) is 0 Å². The summed E-state index contributed by atoms with van der Waals surface area (Å²) in [6.45, 7) is 2.65. The van der Waals surface area contributed by atoms with Gasteiger partial charge in [0.2, 0.25) is 5.91 Å². The number of benzene rings is 3. The molecule has 0 saturated carbocycles. The van der Waals surface area contributed by atoms with E-state index in [4.69, 9.17) is 4.74 Å². The van der Waals surface area contributed by atoms with E-state index in [0.717, 1.165) is 59.0 Å². The van der Waals surface area contributed by atoms with Crippen molar-refractivity contribution in [1.29, 1.82) is 0 Å². The number of thioether (sulfide) groups is 1. The Morgan fingerprint density at radius 2 is 1.67 bits per heavy atom. The number of nitrogens with zero attached hydrogens (tertiary/aromatic N) is 4. The molecule has 1 amide bonds. The molecule has 2 heterocycles. The normalized spacial score (nSPS) is 13.5. The molecule has 1 fully saturated rings. The molecule has 1 aromatic heterocycles. The van der Waals surface area contributed by atoms with E-state index in [-0.39, 0.29) is 5.91 Å². The quantitative estimate of drug-likeness (QED) is 0.356. The third-order valence-electron chi connectivity index (χ3n) is 5.87. The van der Waals surface area contributed by atoms with Gasteiger partial charge in [-0.25, -0.2) is 0 Å². The summed E-state index contributed by atoms with van der Waals surface area (Å²) >= 11 is 1.45. The van der Waals surface area contributed by atoms with Crippen LogP contribution in [0.1, 0.15) is 24.2 Å². The van der Waals surface area contributed by atoms with Gasteiger partial charge in [0.15, 0.2) is 11.0 Å². The summed E-state index contributed by atoms with van der Waals surface area (Å²) in [6, 6.07) is 24.4. The fourth-order valence-electron chi connectivity index (χ4n) is 4.11. The van der Waals surface area contributed by atoms with E-state index in [9.17, 15) is 4.79 Å². The van der Waals surface area contributed by atoms with Gasteiger partial charge in [0, 0.05) is 18.5 Å². The molecule has 0 atom stereocenters. The van der Waals surface area contributed by atoms with Crippen molar-refractivity contribution in [3.8, 4) is 5.75 Å². The van der Waals surface area contributed by atoms with Crippen LogP contribution >= 0.6 is 11.8 Å². The van der Waals surface area contributed by atoms with Gasteiger partial charge in [0.25, 0.3) is 0 Å².